The van der Waals surface area contributed by atoms with Crippen molar-refractivity contribution < 1.29 is 14.1 Å². The van der Waals surface area contributed by atoms with Gasteiger partial charge in [0.05, 0.1) is 0 Å². The molecule has 0 saturated heterocycles. The van der Waals surface area contributed by atoms with Gasteiger partial charge in [-0.2, -0.15) is 0 Å². The Bertz CT molecular complexity index is 41.3. The summed E-state index contributed by atoms with van der Waals surface area (Å²) in [6, 6.07) is 0. The Balaban J connectivity index is 0. The molecule has 7 heavy (non-hydrogen) atoms. The van der Waals surface area contributed by atoms with E-state index in [0.717, 1.165) is 0 Å². The minimum atomic E-state index is -9.19. The maximum absolute atomic E-state index is 9.91. The van der Waals surface area contributed by atoms with E-state index in [2.05, 4.69) is 0 Å². The molecule has 0 saturated carbocycles. The van der Waals surface area contributed by atoms with Gasteiger partial charge in [0.25, 0.3) is 0 Å². The summed E-state index contributed by atoms with van der Waals surface area (Å²) < 4.78 is 49.6. The summed E-state index contributed by atoms with van der Waals surface area (Å²) in [5.74, 6) is 0. The molecule has 0 unspecified atom stereocenters. The normalized spacial score (nSPS) is 16.4. The van der Waals surface area contributed by atoms with Crippen LogP contribution in [0.25, 0.3) is 0 Å². The van der Waals surface area contributed by atoms with Crippen LogP contribution in [0.1, 0.15) is 0 Å². The number of halogens is 5. The molecule has 46 valence electrons. The zero-order valence-corrected chi connectivity index (χ0v) is 4.89. The monoisotopic (exact) mass is 246 g/mol. The van der Waals surface area contributed by atoms with Gasteiger partial charge in [0.15, 0.2) is 17.4 Å². The van der Waals surface area contributed by atoms with Crippen molar-refractivity contribution in [2.75, 3.05) is 0 Å². The van der Waals surface area contributed by atoms with E-state index < -0.39 is 20.3 Å². The van der Waals surface area contributed by atoms with Crippen molar-refractivity contribution in [2.24, 2.45) is 0 Å². The van der Waals surface area contributed by atoms with Crippen LogP contribution in [0.2, 0.25) is 0 Å². The van der Waals surface area contributed by atoms with Crippen LogP contribution in [0.3, 0.4) is 0 Å². The van der Waals surface area contributed by atoms with E-state index in [-0.39, 0.29) is 17.4 Å². The SMILES string of the molecule is [AlH3].[F][Sb]([F])([F])([F])[F]. The molecule has 0 aromatic rings. The maximum atomic E-state index is 9.91. The third kappa shape index (κ3) is 175. The summed E-state index contributed by atoms with van der Waals surface area (Å²) in [5, 5.41) is 0. The summed E-state index contributed by atoms with van der Waals surface area (Å²) >= 11 is -9.19. The van der Waals surface area contributed by atoms with Crippen LogP contribution in [0.5, 0.6) is 0 Å². The topological polar surface area (TPSA) is 0 Å². The van der Waals surface area contributed by atoms with Gasteiger partial charge in [-0.3, -0.25) is 0 Å². The van der Waals surface area contributed by atoms with Gasteiger partial charge >= 0.3 is 34.4 Å². The minimum absolute atomic E-state index is 0. The fourth-order valence-electron chi connectivity index (χ4n) is 0. The molecule has 7 heteroatoms. The van der Waals surface area contributed by atoms with E-state index in [1.165, 1.54) is 0 Å². The van der Waals surface area contributed by atoms with Gasteiger partial charge in [-0.1, -0.05) is 0 Å². The Morgan fingerprint density at radius 1 is 0.714 bits per heavy atom. The van der Waals surface area contributed by atoms with E-state index in [0.29, 0.717) is 0 Å². The summed E-state index contributed by atoms with van der Waals surface area (Å²) in [4.78, 5) is 0. The van der Waals surface area contributed by atoms with Crippen molar-refractivity contribution in [1.29, 1.82) is 0 Å². The second kappa shape index (κ2) is 2.08. The molecule has 0 aliphatic carbocycles. The van der Waals surface area contributed by atoms with Crippen molar-refractivity contribution in [1.82, 2.24) is 0 Å². The van der Waals surface area contributed by atoms with Crippen LogP contribution in [0.4, 0.5) is 14.1 Å². The van der Waals surface area contributed by atoms with Crippen LogP contribution >= 0.6 is 0 Å². The number of hydrogen-bond donors (Lipinski definition) is 0. The first-order chi connectivity index (χ1) is 2.24. The molecule has 0 bridgehead atoms. The molecule has 0 aromatic carbocycles. The quantitative estimate of drug-likeness (QED) is 0.432. The molecule has 0 rings (SSSR count). The van der Waals surface area contributed by atoms with Gasteiger partial charge in [0.1, 0.15) is 0 Å². The van der Waals surface area contributed by atoms with Crippen LogP contribution in [-0.4, -0.2) is 37.7 Å². The van der Waals surface area contributed by atoms with Crippen molar-refractivity contribution in [3.8, 4) is 0 Å². The Morgan fingerprint density at radius 2 is 0.714 bits per heavy atom. The molecule has 0 fully saturated rings. The zero-order valence-electron chi connectivity index (χ0n) is 2.34. The molecule has 0 N–H and O–H groups in total. The number of rotatable bonds is 0. The standard InChI is InChI=1S/Al.5FH.Sb.3H/h;5*1H;;;;/q;;;;;;+5;;;/p-5. The molecular weight excluding hydrogens is 244 g/mol. The molecule has 0 heterocycles. The van der Waals surface area contributed by atoms with Crippen LogP contribution in [0.15, 0.2) is 0 Å². The number of hydrogen-bond acceptors (Lipinski definition) is 0. The van der Waals surface area contributed by atoms with E-state index in [1.54, 1.807) is 0 Å². The third-order valence-corrected chi connectivity index (χ3v) is 0. The van der Waals surface area contributed by atoms with E-state index >= 15 is 0 Å². The zero-order chi connectivity index (χ0) is 5.45. The van der Waals surface area contributed by atoms with Gasteiger partial charge in [-0.15, -0.1) is 0 Å². The second-order valence-corrected chi connectivity index (χ2v) is 4.29. The van der Waals surface area contributed by atoms with Crippen molar-refractivity contribution in [3.63, 3.8) is 0 Å². The Morgan fingerprint density at radius 3 is 0.714 bits per heavy atom. The Kier molecular flexibility index (Phi) is 3.24. The van der Waals surface area contributed by atoms with Crippen LogP contribution in [0, 0.1) is 0 Å². The fourth-order valence-corrected chi connectivity index (χ4v) is 0. The molecule has 0 aliphatic rings. The van der Waals surface area contributed by atoms with Crippen molar-refractivity contribution in [3.05, 3.63) is 0 Å². The van der Waals surface area contributed by atoms with E-state index in [1.807, 2.05) is 0 Å². The molecule has 0 nitrogen and oxygen atoms in total. The first kappa shape index (κ1) is 10.9. The molecule has 0 aromatic heterocycles. The average molecular weight is 247 g/mol. The average Bonchev–Trinajstić information content (AvgIpc) is 0.650. The molecule has 0 atom stereocenters. The summed E-state index contributed by atoms with van der Waals surface area (Å²) in [5.41, 5.74) is 0. The molecule has 0 spiro atoms. The molecule has 0 amide bonds. The van der Waals surface area contributed by atoms with Crippen LogP contribution in [-0.2, 0) is 0 Å². The van der Waals surface area contributed by atoms with Gasteiger partial charge in [-0.05, 0) is 0 Å². The van der Waals surface area contributed by atoms with Gasteiger partial charge < -0.3 is 0 Å². The third-order valence-electron chi connectivity index (χ3n) is 0. The molecule has 0 aliphatic heterocycles. The van der Waals surface area contributed by atoms with Crippen LogP contribution < -0.4 is 0 Å². The van der Waals surface area contributed by atoms with Gasteiger partial charge in [-0.25, -0.2) is 0 Å². The first-order valence-electron chi connectivity index (χ1n) is 0.845. The van der Waals surface area contributed by atoms with Gasteiger partial charge in [0.2, 0.25) is 0 Å². The van der Waals surface area contributed by atoms with Gasteiger partial charge in [0, 0.05) is 0 Å². The fraction of sp³-hybridized carbons (Fsp3) is 0. The molecular formula is H3AlF5Sb. The predicted octanol–water partition coefficient (Wildman–Crippen LogP) is 0.536. The Hall–Kier alpha value is 1.00. The second-order valence-electron chi connectivity index (χ2n) is 0.639. The summed E-state index contributed by atoms with van der Waals surface area (Å²) in [7, 11) is 0. The van der Waals surface area contributed by atoms with Crippen molar-refractivity contribution >= 4 is 37.7 Å². The predicted molar refractivity (Wildman–Crippen MR) is 21.2 cm³/mol. The summed E-state index contributed by atoms with van der Waals surface area (Å²) in [6.07, 6.45) is 0. The van der Waals surface area contributed by atoms with E-state index in [4.69, 9.17) is 0 Å². The first-order valence-corrected chi connectivity index (χ1v) is 5.67. The Labute approximate surface area is 51.9 Å². The van der Waals surface area contributed by atoms with Crippen molar-refractivity contribution in [2.45, 2.75) is 0 Å². The summed E-state index contributed by atoms with van der Waals surface area (Å²) in [6.45, 7) is 0. The van der Waals surface area contributed by atoms with E-state index in [9.17, 15) is 14.1 Å². The molecule has 0 radical (unpaired) electrons.